The van der Waals surface area contributed by atoms with Gasteiger partial charge >= 0.3 is 0 Å². The molecule has 0 heterocycles. The molecule has 0 amide bonds. The normalized spacial score (nSPS) is 40.4. The second-order valence-electron chi connectivity index (χ2n) is 7.25. The molecule has 2 fully saturated rings. The molecule has 0 radical (unpaired) electrons. The van der Waals surface area contributed by atoms with Crippen molar-refractivity contribution in [3.63, 3.8) is 0 Å². The van der Waals surface area contributed by atoms with Gasteiger partial charge in [-0.05, 0) is 42.9 Å². The van der Waals surface area contributed by atoms with Crippen LogP contribution in [0.1, 0.15) is 53.4 Å². The monoisotopic (exact) mass is 250 g/mol. The quantitative estimate of drug-likeness (QED) is 0.834. The smallest absolute Gasteiger partial charge is 0.103 e. The van der Waals surface area contributed by atoms with Gasteiger partial charge in [-0.3, -0.25) is 0 Å². The van der Waals surface area contributed by atoms with Crippen LogP contribution in [0.3, 0.4) is 0 Å². The van der Waals surface area contributed by atoms with Gasteiger partial charge in [0.05, 0.1) is 12.2 Å². The van der Waals surface area contributed by atoms with Gasteiger partial charge < -0.3 is 10.5 Å². The van der Waals surface area contributed by atoms with Crippen LogP contribution in [0.15, 0.2) is 0 Å². The van der Waals surface area contributed by atoms with Crippen molar-refractivity contribution in [2.24, 2.45) is 22.5 Å². The molecule has 0 aromatic rings. The lowest BCUT2D eigenvalue weighted by molar-refractivity contribution is -0.0494. The van der Waals surface area contributed by atoms with Crippen molar-refractivity contribution in [3.05, 3.63) is 0 Å². The number of rotatable bonds is 4. The Bertz CT molecular complexity index is 369. The van der Waals surface area contributed by atoms with Gasteiger partial charge in [0.15, 0.2) is 0 Å². The second-order valence-corrected chi connectivity index (χ2v) is 7.25. The lowest BCUT2D eigenvalue weighted by Gasteiger charge is -2.39. The molecule has 2 rings (SSSR count). The van der Waals surface area contributed by atoms with Crippen LogP contribution < -0.4 is 5.73 Å². The summed E-state index contributed by atoms with van der Waals surface area (Å²) in [4.78, 5) is 0. The molecule has 102 valence electrons. The summed E-state index contributed by atoms with van der Waals surface area (Å²) in [7, 11) is 0. The van der Waals surface area contributed by atoms with E-state index in [1.54, 1.807) is 6.92 Å². The van der Waals surface area contributed by atoms with E-state index in [-0.39, 0.29) is 0 Å². The first-order valence-electron chi connectivity index (χ1n) is 7.05. The fourth-order valence-corrected chi connectivity index (χ4v) is 3.85. The van der Waals surface area contributed by atoms with E-state index >= 15 is 0 Å². The molecule has 2 aliphatic carbocycles. The molecular weight excluding hydrogens is 224 g/mol. The maximum absolute atomic E-state index is 8.89. The molecule has 2 N–H and O–H groups in total. The van der Waals surface area contributed by atoms with Crippen molar-refractivity contribution in [3.8, 4) is 6.07 Å². The van der Waals surface area contributed by atoms with Gasteiger partial charge in [0.1, 0.15) is 5.54 Å². The molecular formula is C15H26N2O. The lowest BCUT2D eigenvalue weighted by Crippen LogP contribution is -2.39. The van der Waals surface area contributed by atoms with Gasteiger partial charge in [0.25, 0.3) is 0 Å². The van der Waals surface area contributed by atoms with Crippen molar-refractivity contribution >= 4 is 0 Å². The van der Waals surface area contributed by atoms with E-state index in [2.05, 4.69) is 26.8 Å². The van der Waals surface area contributed by atoms with Crippen LogP contribution in [0.2, 0.25) is 0 Å². The van der Waals surface area contributed by atoms with Crippen LogP contribution in [0.4, 0.5) is 0 Å². The van der Waals surface area contributed by atoms with Gasteiger partial charge in [-0.25, -0.2) is 0 Å². The third kappa shape index (κ3) is 1.96. The minimum absolute atomic E-state index is 0.301. The summed E-state index contributed by atoms with van der Waals surface area (Å²) in [5.74, 6) is 0.799. The summed E-state index contributed by atoms with van der Waals surface area (Å²) in [5.41, 5.74) is 5.75. The Hall–Kier alpha value is -0.590. The molecule has 2 aliphatic rings. The fraction of sp³-hybridized carbons (Fsp3) is 0.933. The minimum atomic E-state index is -0.756. The largest absolute Gasteiger partial charge is 0.378 e. The third-order valence-corrected chi connectivity index (χ3v) is 5.91. The number of nitriles is 1. The zero-order valence-corrected chi connectivity index (χ0v) is 12.1. The van der Waals surface area contributed by atoms with E-state index in [1.165, 1.54) is 19.3 Å². The van der Waals surface area contributed by atoms with Crippen LogP contribution in [0.25, 0.3) is 0 Å². The van der Waals surface area contributed by atoms with Crippen molar-refractivity contribution < 1.29 is 4.74 Å². The van der Waals surface area contributed by atoms with Crippen LogP contribution in [0, 0.1) is 28.1 Å². The zero-order chi connectivity index (χ0) is 13.6. The van der Waals surface area contributed by atoms with Crippen molar-refractivity contribution in [2.75, 3.05) is 6.61 Å². The van der Waals surface area contributed by atoms with E-state index in [9.17, 15) is 0 Å². The van der Waals surface area contributed by atoms with E-state index in [4.69, 9.17) is 15.7 Å². The number of hydrogen-bond donors (Lipinski definition) is 1. The predicted octanol–water partition coefficient (Wildman–Crippen LogP) is 2.85. The van der Waals surface area contributed by atoms with E-state index in [1.807, 2.05) is 0 Å². The van der Waals surface area contributed by atoms with Gasteiger partial charge in [-0.1, -0.05) is 20.8 Å². The minimum Gasteiger partial charge on any atom is -0.378 e. The molecule has 18 heavy (non-hydrogen) atoms. The first-order chi connectivity index (χ1) is 8.23. The molecule has 4 unspecified atom stereocenters. The molecule has 0 aliphatic heterocycles. The highest BCUT2D eigenvalue weighted by atomic mass is 16.5. The van der Waals surface area contributed by atoms with Crippen molar-refractivity contribution in [1.29, 1.82) is 5.26 Å². The highest BCUT2D eigenvalue weighted by molar-refractivity contribution is 5.11. The average molecular weight is 250 g/mol. The molecule has 0 aromatic heterocycles. The summed E-state index contributed by atoms with van der Waals surface area (Å²) in [6.45, 7) is 9.51. The van der Waals surface area contributed by atoms with Crippen LogP contribution in [-0.4, -0.2) is 18.2 Å². The Morgan fingerprint density at radius 1 is 1.44 bits per heavy atom. The van der Waals surface area contributed by atoms with Crippen LogP contribution >= 0.6 is 0 Å². The number of fused-ring (bicyclic) bond motifs is 2. The summed E-state index contributed by atoms with van der Waals surface area (Å²) in [5, 5.41) is 8.89. The first-order valence-corrected chi connectivity index (χ1v) is 7.05. The Morgan fingerprint density at radius 3 is 2.56 bits per heavy atom. The maximum Gasteiger partial charge on any atom is 0.103 e. The van der Waals surface area contributed by atoms with E-state index in [0.29, 0.717) is 30.0 Å². The number of hydrogen-bond acceptors (Lipinski definition) is 3. The summed E-state index contributed by atoms with van der Waals surface area (Å²) < 4.78 is 6.08. The van der Waals surface area contributed by atoms with Gasteiger partial charge in [-0.15, -0.1) is 0 Å². The number of ether oxygens (including phenoxy) is 1. The maximum atomic E-state index is 8.89. The molecule has 2 bridgehead atoms. The summed E-state index contributed by atoms with van der Waals surface area (Å²) in [6, 6.07) is 2.12. The van der Waals surface area contributed by atoms with E-state index < -0.39 is 5.54 Å². The second kappa shape index (κ2) is 4.21. The fourth-order valence-electron chi connectivity index (χ4n) is 3.85. The highest BCUT2D eigenvalue weighted by Gasteiger charge is 2.61. The molecule has 3 heteroatoms. The number of nitrogens with two attached hydrogens (primary N) is 1. The van der Waals surface area contributed by atoms with Crippen molar-refractivity contribution in [2.45, 2.75) is 65.0 Å². The Labute approximate surface area is 111 Å². The predicted molar refractivity (Wildman–Crippen MR) is 71.8 cm³/mol. The van der Waals surface area contributed by atoms with Crippen LogP contribution in [-0.2, 0) is 4.74 Å². The molecule has 3 nitrogen and oxygen atoms in total. The highest BCUT2D eigenvalue weighted by Crippen LogP contribution is 2.66. The van der Waals surface area contributed by atoms with Crippen molar-refractivity contribution in [1.82, 2.24) is 0 Å². The SMILES string of the molecule is CC(N)(C#N)CCOC1CC2CCC1(C)C2(C)C. The third-order valence-electron chi connectivity index (χ3n) is 5.91. The Balaban J connectivity index is 1.92. The lowest BCUT2D eigenvalue weighted by atomic mass is 9.70. The molecule has 2 saturated carbocycles. The van der Waals surface area contributed by atoms with Gasteiger partial charge in [-0.2, -0.15) is 5.26 Å². The van der Waals surface area contributed by atoms with E-state index in [0.717, 1.165) is 5.92 Å². The molecule has 4 atom stereocenters. The molecule has 0 spiro atoms. The van der Waals surface area contributed by atoms with Gasteiger partial charge in [0.2, 0.25) is 0 Å². The van der Waals surface area contributed by atoms with Crippen LogP contribution in [0.5, 0.6) is 0 Å². The molecule has 0 aromatic carbocycles. The topological polar surface area (TPSA) is 59.0 Å². The Kier molecular flexibility index (Phi) is 3.24. The standard InChI is InChI=1S/C15H26N2O/c1-13(2)11-5-6-15(13,4)12(9-11)18-8-7-14(3,17)10-16/h11-12H,5-9,17H2,1-4H3. The average Bonchev–Trinajstić information content (AvgIpc) is 2.62. The summed E-state index contributed by atoms with van der Waals surface area (Å²) in [6.07, 6.45) is 4.75. The first kappa shape index (κ1) is 13.8. The number of nitrogens with zero attached hydrogens (tertiary/aromatic N) is 1. The molecule has 0 saturated heterocycles. The Morgan fingerprint density at radius 2 is 2.11 bits per heavy atom. The van der Waals surface area contributed by atoms with Gasteiger partial charge in [0, 0.05) is 13.0 Å². The zero-order valence-electron chi connectivity index (χ0n) is 12.1. The summed E-state index contributed by atoms with van der Waals surface area (Å²) >= 11 is 0.